The zero-order chi connectivity index (χ0) is 12.8. The van der Waals surface area contributed by atoms with Crippen LogP contribution in [0.4, 0.5) is 5.69 Å². The van der Waals surface area contributed by atoms with Crippen molar-refractivity contribution in [1.82, 2.24) is 5.32 Å². The van der Waals surface area contributed by atoms with Crippen LogP contribution >= 0.6 is 15.9 Å². The van der Waals surface area contributed by atoms with E-state index in [0.717, 1.165) is 10.2 Å². The second-order valence-corrected chi connectivity index (χ2v) is 5.22. The average molecular weight is 299 g/mol. The van der Waals surface area contributed by atoms with Gasteiger partial charge in [0.15, 0.2) is 0 Å². The molecule has 0 saturated heterocycles. The largest absolute Gasteiger partial charge is 0.384 e. The molecule has 1 rings (SSSR count). The molecule has 2 N–H and O–H groups in total. The number of nitrogens with one attached hydrogen (secondary N) is 2. The summed E-state index contributed by atoms with van der Waals surface area (Å²) in [6.45, 7) is 6.61. The normalized spacial score (nSPS) is 10.4. The summed E-state index contributed by atoms with van der Waals surface area (Å²) >= 11 is 3.48. The van der Waals surface area contributed by atoms with Gasteiger partial charge >= 0.3 is 0 Å². The average Bonchev–Trinajstić information content (AvgIpc) is 2.22. The Morgan fingerprint density at radius 2 is 2.12 bits per heavy atom. The molecule has 0 heterocycles. The van der Waals surface area contributed by atoms with Gasteiger partial charge in [-0.05, 0) is 38.5 Å². The Hall–Kier alpha value is -1.03. The third-order valence-corrected chi connectivity index (χ3v) is 3.16. The van der Waals surface area contributed by atoms with Gasteiger partial charge in [0.25, 0.3) is 0 Å². The van der Waals surface area contributed by atoms with Gasteiger partial charge in [0.1, 0.15) is 0 Å². The van der Waals surface area contributed by atoms with Crippen molar-refractivity contribution in [2.24, 2.45) is 0 Å². The second-order valence-electron chi connectivity index (χ2n) is 4.36. The molecule has 0 aliphatic heterocycles. The van der Waals surface area contributed by atoms with E-state index < -0.39 is 0 Å². The van der Waals surface area contributed by atoms with Crippen LogP contribution in [0.5, 0.6) is 0 Å². The molecule has 17 heavy (non-hydrogen) atoms. The lowest BCUT2D eigenvalue weighted by molar-refractivity contribution is -0.121. The third-order valence-electron chi connectivity index (χ3n) is 2.30. The SMILES string of the molecule is Cc1ccc(NCCC(=O)NC(C)C)cc1Br. The van der Waals surface area contributed by atoms with Gasteiger partial charge in [-0.3, -0.25) is 4.79 Å². The monoisotopic (exact) mass is 298 g/mol. The highest BCUT2D eigenvalue weighted by atomic mass is 79.9. The van der Waals surface area contributed by atoms with E-state index in [1.54, 1.807) is 0 Å². The molecule has 0 radical (unpaired) electrons. The second kappa shape index (κ2) is 6.64. The number of halogens is 1. The van der Waals surface area contributed by atoms with Gasteiger partial charge in [-0.15, -0.1) is 0 Å². The summed E-state index contributed by atoms with van der Waals surface area (Å²) in [7, 11) is 0. The zero-order valence-electron chi connectivity index (χ0n) is 10.5. The van der Waals surface area contributed by atoms with Crippen molar-refractivity contribution in [3.63, 3.8) is 0 Å². The van der Waals surface area contributed by atoms with Gasteiger partial charge in [-0.2, -0.15) is 0 Å². The van der Waals surface area contributed by atoms with E-state index in [2.05, 4.69) is 26.6 Å². The minimum Gasteiger partial charge on any atom is -0.384 e. The smallest absolute Gasteiger partial charge is 0.221 e. The molecule has 0 unspecified atom stereocenters. The number of hydrogen-bond donors (Lipinski definition) is 2. The van der Waals surface area contributed by atoms with Crippen LogP contribution in [0.3, 0.4) is 0 Å². The molecule has 0 aliphatic carbocycles. The molecule has 1 amide bonds. The Kier molecular flexibility index (Phi) is 5.48. The fraction of sp³-hybridized carbons (Fsp3) is 0.462. The first-order valence-electron chi connectivity index (χ1n) is 5.78. The van der Waals surface area contributed by atoms with Crippen molar-refractivity contribution in [3.8, 4) is 0 Å². The quantitative estimate of drug-likeness (QED) is 0.877. The van der Waals surface area contributed by atoms with Gasteiger partial charge in [0.05, 0.1) is 0 Å². The highest BCUT2D eigenvalue weighted by Gasteiger charge is 2.03. The lowest BCUT2D eigenvalue weighted by Gasteiger charge is -2.10. The number of carbonyl (C=O) groups excluding carboxylic acids is 1. The maximum atomic E-state index is 11.4. The molecule has 1 aromatic carbocycles. The summed E-state index contributed by atoms with van der Waals surface area (Å²) in [6, 6.07) is 6.28. The Morgan fingerprint density at radius 1 is 1.41 bits per heavy atom. The highest BCUT2D eigenvalue weighted by molar-refractivity contribution is 9.10. The minimum atomic E-state index is 0.0821. The number of anilines is 1. The molecule has 3 nitrogen and oxygen atoms in total. The Morgan fingerprint density at radius 3 is 2.71 bits per heavy atom. The van der Waals surface area contributed by atoms with E-state index in [4.69, 9.17) is 0 Å². The molecule has 0 aromatic heterocycles. The predicted molar refractivity (Wildman–Crippen MR) is 75.3 cm³/mol. The summed E-state index contributed by atoms with van der Waals surface area (Å²) in [6.07, 6.45) is 0.490. The standard InChI is InChI=1S/C13H19BrN2O/c1-9(2)16-13(17)6-7-15-11-5-4-10(3)12(14)8-11/h4-5,8-9,15H,6-7H2,1-3H3,(H,16,17). The van der Waals surface area contributed by atoms with Gasteiger partial charge in [0.2, 0.25) is 5.91 Å². The van der Waals surface area contributed by atoms with Crippen molar-refractivity contribution in [1.29, 1.82) is 0 Å². The third kappa shape index (κ3) is 5.22. The molecule has 0 aliphatic rings. The first-order valence-corrected chi connectivity index (χ1v) is 6.57. The number of aryl methyl sites for hydroxylation is 1. The van der Waals surface area contributed by atoms with Crippen molar-refractivity contribution in [2.75, 3.05) is 11.9 Å². The molecule has 1 aromatic rings. The van der Waals surface area contributed by atoms with Crippen LogP contribution in [0, 0.1) is 6.92 Å². The maximum Gasteiger partial charge on any atom is 0.221 e. The van der Waals surface area contributed by atoms with E-state index in [0.29, 0.717) is 13.0 Å². The van der Waals surface area contributed by atoms with Crippen LogP contribution in [-0.4, -0.2) is 18.5 Å². The van der Waals surface area contributed by atoms with E-state index in [9.17, 15) is 4.79 Å². The summed E-state index contributed by atoms with van der Waals surface area (Å²) in [5.41, 5.74) is 2.23. The van der Waals surface area contributed by atoms with Crippen molar-refractivity contribution in [2.45, 2.75) is 33.2 Å². The van der Waals surface area contributed by atoms with E-state index in [1.807, 2.05) is 39.0 Å². The molecule has 0 bridgehead atoms. The first-order chi connectivity index (χ1) is 7.99. The number of carbonyl (C=O) groups is 1. The number of hydrogen-bond acceptors (Lipinski definition) is 2. The molecular weight excluding hydrogens is 280 g/mol. The molecular formula is C13H19BrN2O. The summed E-state index contributed by atoms with van der Waals surface area (Å²) in [5, 5.41) is 6.09. The Labute approximate surface area is 111 Å². The van der Waals surface area contributed by atoms with E-state index in [-0.39, 0.29) is 11.9 Å². The number of benzene rings is 1. The summed E-state index contributed by atoms with van der Waals surface area (Å²) in [5.74, 6) is 0.0821. The number of rotatable bonds is 5. The fourth-order valence-corrected chi connectivity index (χ4v) is 1.80. The molecule has 0 atom stereocenters. The topological polar surface area (TPSA) is 41.1 Å². The van der Waals surface area contributed by atoms with Crippen LogP contribution in [0.1, 0.15) is 25.8 Å². The van der Waals surface area contributed by atoms with Gasteiger partial charge in [-0.1, -0.05) is 22.0 Å². The minimum absolute atomic E-state index is 0.0821. The molecule has 0 spiro atoms. The van der Waals surface area contributed by atoms with Gasteiger partial charge in [-0.25, -0.2) is 0 Å². The summed E-state index contributed by atoms with van der Waals surface area (Å²) in [4.78, 5) is 11.4. The molecule has 94 valence electrons. The zero-order valence-corrected chi connectivity index (χ0v) is 12.1. The van der Waals surface area contributed by atoms with E-state index in [1.165, 1.54) is 5.56 Å². The van der Waals surface area contributed by atoms with Gasteiger partial charge in [0, 0.05) is 29.2 Å². The Balaban J connectivity index is 2.36. The fourth-order valence-electron chi connectivity index (χ4n) is 1.42. The van der Waals surface area contributed by atoms with E-state index >= 15 is 0 Å². The molecule has 0 saturated carbocycles. The highest BCUT2D eigenvalue weighted by Crippen LogP contribution is 2.20. The van der Waals surface area contributed by atoms with Crippen molar-refractivity contribution < 1.29 is 4.79 Å². The van der Waals surface area contributed by atoms with Crippen LogP contribution in [0.15, 0.2) is 22.7 Å². The molecule has 0 fully saturated rings. The lowest BCUT2D eigenvalue weighted by Crippen LogP contribution is -2.31. The van der Waals surface area contributed by atoms with Crippen LogP contribution in [0.25, 0.3) is 0 Å². The summed E-state index contributed by atoms with van der Waals surface area (Å²) < 4.78 is 1.08. The van der Waals surface area contributed by atoms with Crippen molar-refractivity contribution in [3.05, 3.63) is 28.2 Å². The van der Waals surface area contributed by atoms with Crippen LogP contribution in [0.2, 0.25) is 0 Å². The first kappa shape index (κ1) is 14.0. The lowest BCUT2D eigenvalue weighted by atomic mass is 10.2. The van der Waals surface area contributed by atoms with Gasteiger partial charge < -0.3 is 10.6 Å². The predicted octanol–water partition coefficient (Wildman–Crippen LogP) is 3.08. The van der Waals surface area contributed by atoms with Crippen LogP contribution < -0.4 is 10.6 Å². The number of amides is 1. The van der Waals surface area contributed by atoms with Crippen LogP contribution in [-0.2, 0) is 4.79 Å². The Bertz CT molecular complexity index is 391. The maximum absolute atomic E-state index is 11.4. The van der Waals surface area contributed by atoms with Crippen molar-refractivity contribution >= 4 is 27.5 Å². The molecule has 4 heteroatoms.